The molecule has 1 amide bonds. The second-order valence-corrected chi connectivity index (χ2v) is 4.29. The summed E-state index contributed by atoms with van der Waals surface area (Å²) < 4.78 is 0. The number of pyridine rings is 1. The molecule has 2 heterocycles. The van der Waals surface area contributed by atoms with Crippen molar-refractivity contribution in [3.05, 3.63) is 40.3 Å². The molecule has 0 atom stereocenters. The van der Waals surface area contributed by atoms with Gasteiger partial charge in [-0.2, -0.15) is 5.10 Å². The average Bonchev–Trinajstić information content (AvgIpc) is 2.74. The van der Waals surface area contributed by atoms with Crippen LogP contribution in [0.1, 0.15) is 28.5 Å². The molecule has 0 saturated heterocycles. The Kier molecular flexibility index (Phi) is 3.62. The number of nitrogens with zero attached hydrogens (tertiary/aromatic N) is 2. The van der Waals surface area contributed by atoms with Gasteiger partial charge in [-0.1, -0.05) is 18.5 Å². The minimum atomic E-state index is -0.235. The van der Waals surface area contributed by atoms with Gasteiger partial charge in [0.2, 0.25) is 0 Å². The molecule has 18 heavy (non-hydrogen) atoms. The summed E-state index contributed by atoms with van der Waals surface area (Å²) >= 11 is 5.87. The first kappa shape index (κ1) is 12.6. The van der Waals surface area contributed by atoms with Gasteiger partial charge in [0.1, 0.15) is 11.0 Å². The minimum absolute atomic E-state index is 0.235. The number of hydrogen-bond donors (Lipinski definition) is 2. The van der Waals surface area contributed by atoms with E-state index in [9.17, 15) is 4.79 Å². The molecule has 2 rings (SSSR count). The van der Waals surface area contributed by atoms with Gasteiger partial charge in [0.25, 0.3) is 5.91 Å². The average molecular weight is 265 g/mol. The number of H-pyrrole nitrogens is 1. The van der Waals surface area contributed by atoms with Crippen molar-refractivity contribution < 1.29 is 4.79 Å². The van der Waals surface area contributed by atoms with Crippen LogP contribution in [0.5, 0.6) is 0 Å². The topological polar surface area (TPSA) is 70.7 Å². The third kappa shape index (κ3) is 2.68. The van der Waals surface area contributed by atoms with E-state index in [1.165, 1.54) is 0 Å². The van der Waals surface area contributed by atoms with E-state index in [2.05, 4.69) is 20.5 Å². The Morgan fingerprint density at radius 1 is 1.50 bits per heavy atom. The molecule has 2 aromatic heterocycles. The summed E-state index contributed by atoms with van der Waals surface area (Å²) in [4.78, 5) is 16.2. The van der Waals surface area contributed by atoms with E-state index >= 15 is 0 Å². The lowest BCUT2D eigenvalue weighted by Crippen LogP contribution is -2.13. The van der Waals surface area contributed by atoms with E-state index in [0.29, 0.717) is 16.5 Å². The molecule has 2 N–H and O–H groups in total. The van der Waals surface area contributed by atoms with Gasteiger partial charge in [0, 0.05) is 16.8 Å². The molecule has 0 aliphatic rings. The fraction of sp³-hybridized carbons (Fsp3) is 0.250. The van der Waals surface area contributed by atoms with Gasteiger partial charge in [-0.3, -0.25) is 9.89 Å². The lowest BCUT2D eigenvalue weighted by Gasteiger charge is -2.06. The third-order valence-corrected chi connectivity index (χ3v) is 2.73. The zero-order valence-electron chi connectivity index (χ0n) is 10.1. The molecule has 5 nitrogen and oxygen atoms in total. The standard InChI is InChI=1S/C12H13ClN4O/c1-3-9-4-8(5-10(13)15-9)12(18)16-11-7(2)6-14-17-11/h4-6H,3H2,1-2H3,(H2,14,16,17,18). The third-order valence-electron chi connectivity index (χ3n) is 2.54. The van der Waals surface area contributed by atoms with Crippen LogP contribution in [0.25, 0.3) is 0 Å². The van der Waals surface area contributed by atoms with Crippen LogP contribution in [0.2, 0.25) is 5.15 Å². The maximum absolute atomic E-state index is 12.0. The Balaban J connectivity index is 2.24. The molecule has 0 aromatic carbocycles. The molecule has 94 valence electrons. The smallest absolute Gasteiger partial charge is 0.256 e. The second kappa shape index (κ2) is 5.18. The van der Waals surface area contributed by atoms with Crippen molar-refractivity contribution in [1.29, 1.82) is 0 Å². The number of aromatic nitrogens is 3. The fourth-order valence-corrected chi connectivity index (χ4v) is 1.75. The number of hydrogen-bond acceptors (Lipinski definition) is 3. The maximum atomic E-state index is 12.0. The van der Waals surface area contributed by atoms with E-state index in [1.54, 1.807) is 18.3 Å². The van der Waals surface area contributed by atoms with E-state index in [4.69, 9.17) is 11.6 Å². The Bertz CT molecular complexity index is 579. The van der Waals surface area contributed by atoms with Crippen LogP contribution in [0.3, 0.4) is 0 Å². The molecule has 0 spiro atoms. The van der Waals surface area contributed by atoms with E-state index in [-0.39, 0.29) is 5.91 Å². The first-order valence-electron chi connectivity index (χ1n) is 5.58. The lowest BCUT2D eigenvalue weighted by atomic mass is 10.2. The van der Waals surface area contributed by atoms with Gasteiger partial charge >= 0.3 is 0 Å². The monoisotopic (exact) mass is 264 g/mol. The minimum Gasteiger partial charge on any atom is -0.307 e. The second-order valence-electron chi connectivity index (χ2n) is 3.91. The summed E-state index contributed by atoms with van der Waals surface area (Å²) in [7, 11) is 0. The lowest BCUT2D eigenvalue weighted by molar-refractivity contribution is 0.102. The van der Waals surface area contributed by atoms with Gasteiger partial charge < -0.3 is 5.32 Å². The molecule has 0 aliphatic heterocycles. The van der Waals surface area contributed by atoms with Gasteiger partial charge in [0.15, 0.2) is 0 Å². The number of aromatic amines is 1. The van der Waals surface area contributed by atoms with Crippen molar-refractivity contribution in [1.82, 2.24) is 15.2 Å². The van der Waals surface area contributed by atoms with Gasteiger partial charge in [-0.05, 0) is 25.5 Å². The van der Waals surface area contributed by atoms with Crippen molar-refractivity contribution in [2.75, 3.05) is 5.32 Å². The van der Waals surface area contributed by atoms with E-state index in [1.807, 2.05) is 13.8 Å². The molecule has 0 aliphatic carbocycles. The first-order valence-corrected chi connectivity index (χ1v) is 5.95. The molecule has 0 bridgehead atoms. The molecule has 2 aromatic rings. The van der Waals surface area contributed by atoms with Gasteiger partial charge in [-0.25, -0.2) is 4.98 Å². The Labute approximate surface area is 110 Å². The Hall–Kier alpha value is -1.88. The van der Waals surface area contributed by atoms with E-state index < -0.39 is 0 Å². The molecular weight excluding hydrogens is 252 g/mol. The SMILES string of the molecule is CCc1cc(C(=O)Nc2[nH]ncc2C)cc(Cl)n1. The van der Waals surface area contributed by atoms with Crippen LogP contribution < -0.4 is 5.32 Å². The van der Waals surface area contributed by atoms with Crippen molar-refractivity contribution >= 4 is 23.3 Å². The summed E-state index contributed by atoms with van der Waals surface area (Å²) in [5, 5.41) is 9.62. The number of anilines is 1. The number of carbonyl (C=O) groups is 1. The predicted octanol–water partition coefficient (Wildman–Crippen LogP) is 2.58. The first-order chi connectivity index (χ1) is 8.60. The highest BCUT2D eigenvalue weighted by molar-refractivity contribution is 6.29. The van der Waals surface area contributed by atoms with Crippen LogP contribution in [0.4, 0.5) is 5.82 Å². The number of nitrogens with one attached hydrogen (secondary N) is 2. The predicted molar refractivity (Wildman–Crippen MR) is 69.9 cm³/mol. The summed E-state index contributed by atoms with van der Waals surface area (Å²) in [5.41, 5.74) is 2.15. The maximum Gasteiger partial charge on any atom is 0.256 e. The molecule has 0 saturated carbocycles. The summed E-state index contributed by atoms with van der Waals surface area (Å²) in [6.45, 7) is 3.81. The van der Waals surface area contributed by atoms with Crippen molar-refractivity contribution in [3.8, 4) is 0 Å². The van der Waals surface area contributed by atoms with Crippen LogP contribution in [0, 0.1) is 6.92 Å². The number of carbonyl (C=O) groups excluding carboxylic acids is 1. The van der Waals surface area contributed by atoms with Crippen molar-refractivity contribution in [3.63, 3.8) is 0 Å². The molecule has 0 radical (unpaired) electrons. The summed E-state index contributed by atoms with van der Waals surface area (Å²) in [6.07, 6.45) is 2.37. The summed E-state index contributed by atoms with van der Waals surface area (Å²) in [5.74, 6) is 0.354. The molecule has 6 heteroatoms. The highest BCUT2D eigenvalue weighted by Crippen LogP contribution is 2.14. The Morgan fingerprint density at radius 2 is 2.28 bits per heavy atom. The van der Waals surface area contributed by atoms with Crippen molar-refractivity contribution in [2.45, 2.75) is 20.3 Å². The number of rotatable bonds is 3. The fourth-order valence-electron chi connectivity index (χ4n) is 1.52. The van der Waals surface area contributed by atoms with Gasteiger partial charge in [-0.15, -0.1) is 0 Å². The normalized spacial score (nSPS) is 10.4. The molecular formula is C12H13ClN4O. The number of aryl methyl sites for hydroxylation is 2. The zero-order valence-corrected chi connectivity index (χ0v) is 10.9. The molecule has 0 fully saturated rings. The highest BCUT2D eigenvalue weighted by atomic mass is 35.5. The largest absolute Gasteiger partial charge is 0.307 e. The van der Waals surface area contributed by atoms with Crippen molar-refractivity contribution in [2.24, 2.45) is 0 Å². The van der Waals surface area contributed by atoms with Crippen LogP contribution >= 0.6 is 11.6 Å². The highest BCUT2D eigenvalue weighted by Gasteiger charge is 2.11. The molecule has 0 unspecified atom stereocenters. The quantitative estimate of drug-likeness (QED) is 0.837. The zero-order chi connectivity index (χ0) is 13.1. The van der Waals surface area contributed by atoms with Crippen LogP contribution in [-0.4, -0.2) is 21.1 Å². The Morgan fingerprint density at radius 3 is 2.89 bits per heavy atom. The summed E-state index contributed by atoms with van der Waals surface area (Å²) in [6, 6.07) is 3.27. The van der Waals surface area contributed by atoms with Gasteiger partial charge in [0.05, 0.1) is 6.20 Å². The van der Waals surface area contributed by atoms with Crippen LogP contribution in [0.15, 0.2) is 18.3 Å². The number of halogens is 1. The van der Waals surface area contributed by atoms with E-state index in [0.717, 1.165) is 17.7 Å². The van der Waals surface area contributed by atoms with Crippen LogP contribution in [-0.2, 0) is 6.42 Å². The number of amides is 1.